The van der Waals surface area contributed by atoms with Gasteiger partial charge in [0.1, 0.15) is 5.82 Å². The molecule has 2 aromatic carbocycles. The van der Waals surface area contributed by atoms with Gasteiger partial charge >= 0.3 is 0 Å². The van der Waals surface area contributed by atoms with Crippen LogP contribution < -0.4 is 0 Å². The van der Waals surface area contributed by atoms with Crippen molar-refractivity contribution in [3.05, 3.63) is 76.1 Å². The Labute approximate surface area is 148 Å². The molecule has 0 radical (unpaired) electrons. The van der Waals surface area contributed by atoms with E-state index in [0.29, 0.717) is 17.0 Å². The standard InChI is InChI=1S/C17H15FN4S2/c1-24-15-8-4-13(5-9-15)11-19-22-16(20-21-17(22)23)10-12-2-6-14(18)7-3-12/h2-9,11H,10H2,1H3,(H,21,23)/b19-11-. The first-order chi connectivity index (χ1) is 11.7. The van der Waals surface area contributed by atoms with Crippen LogP contribution in [-0.2, 0) is 6.42 Å². The summed E-state index contributed by atoms with van der Waals surface area (Å²) >= 11 is 6.93. The van der Waals surface area contributed by atoms with Crippen LogP contribution in [0.5, 0.6) is 0 Å². The van der Waals surface area contributed by atoms with Gasteiger partial charge in [0, 0.05) is 11.3 Å². The molecule has 0 amide bonds. The van der Waals surface area contributed by atoms with E-state index in [1.54, 1.807) is 34.8 Å². The van der Waals surface area contributed by atoms with E-state index < -0.39 is 0 Å². The van der Waals surface area contributed by atoms with Crippen LogP contribution in [0.4, 0.5) is 4.39 Å². The first-order valence-electron chi connectivity index (χ1n) is 7.25. The highest BCUT2D eigenvalue weighted by molar-refractivity contribution is 7.98. The second-order valence-electron chi connectivity index (χ2n) is 5.08. The van der Waals surface area contributed by atoms with Crippen LogP contribution in [0.1, 0.15) is 17.0 Å². The minimum absolute atomic E-state index is 0.260. The van der Waals surface area contributed by atoms with Gasteiger partial charge in [-0.15, -0.1) is 11.8 Å². The van der Waals surface area contributed by atoms with Crippen molar-refractivity contribution in [3.8, 4) is 0 Å². The van der Waals surface area contributed by atoms with Gasteiger partial charge in [-0.1, -0.05) is 24.3 Å². The topological polar surface area (TPSA) is 46.0 Å². The second-order valence-corrected chi connectivity index (χ2v) is 6.34. The van der Waals surface area contributed by atoms with Gasteiger partial charge in [-0.05, 0) is 53.9 Å². The Morgan fingerprint density at radius 1 is 1.21 bits per heavy atom. The average Bonchev–Trinajstić information content (AvgIpc) is 2.95. The van der Waals surface area contributed by atoms with E-state index in [9.17, 15) is 4.39 Å². The smallest absolute Gasteiger partial charge is 0.216 e. The van der Waals surface area contributed by atoms with Crippen LogP contribution in [-0.4, -0.2) is 27.3 Å². The minimum atomic E-state index is -0.260. The monoisotopic (exact) mass is 358 g/mol. The van der Waals surface area contributed by atoms with Crippen LogP contribution in [0.3, 0.4) is 0 Å². The van der Waals surface area contributed by atoms with E-state index in [1.165, 1.54) is 17.0 Å². The first-order valence-corrected chi connectivity index (χ1v) is 8.88. The molecule has 0 unspecified atom stereocenters. The SMILES string of the molecule is CSc1ccc(/C=N\n2c(Cc3ccc(F)cc3)n[nH]c2=S)cc1. The van der Waals surface area contributed by atoms with Crippen molar-refractivity contribution in [1.82, 2.24) is 14.9 Å². The molecule has 24 heavy (non-hydrogen) atoms. The average molecular weight is 358 g/mol. The molecule has 0 aliphatic carbocycles. The van der Waals surface area contributed by atoms with Crippen molar-refractivity contribution in [2.75, 3.05) is 6.26 Å². The molecule has 122 valence electrons. The van der Waals surface area contributed by atoms with Gasteiger partial charge < -0.3 is 0 Å². The van der Waals surface area contributed by atoms with E-state index in [4.69, 9.17) is 12.2 Å². The largest absolute Gasteiger partial charge is 0.250 e. The van der Waals surface area contributed by atoms with E-state index >= 15 is 0 Å². The molecule has 4 nitrogen and oxygen atoms in total. The number of aromatic nitrogens is 3. The summed E-state index contributed by atoms with van der Waals surface area (Å²) in [7, 11) is 0. The summed E-state index contributed by atoms with van der Waals surface area (Å²) < 4.78 is 15.0. The Balaban J connectivity index is 1.82. The lowest BCUT2D eigenvalue weighted by Gasteiger charge is -2.02. The van der Waals surface area contributed by atoms with E-state index in [0.717, 1.165) is 11.1 Å². The molecule has 0 saturated heterocycles. The number of nitrogens with one attached hydrogen (secondary N) is 1. The quantitative estimate of drug-likeness (QED) is 0.421. The highest BCUT2D eigenvalue weighted by atomic mass is 32.2. The third kappa shape index (κ3) is 3.98. The predicted molar refractivity (Wildman–Crippen MR) is 97.8 cm³/mol. The maximum Gasteiger partial charge on any atom is 0.216 e. The minimum Gasteiger partial charge on any atom is -0.250 e. The maximum atomic E-state index is 13.0. The van der Waals surface area contributed by atoms with Gasteiger partial charge in [-0.3, -0.25) is 5.10 Å². The number of nitrogens with zero attached hydrogens (tertiary/aromatic N) is 3. The van der Waals surface area contributed by atoms with Crippen molar-refractivity contribution in [2.24, 2.45) is 5.10 Å². The highest BCUT2D eigenvalue weighted by Crippen LogP contribution is 2.14. The lowest BCUT2D eigenvalue weighted by Crippen LogP contribution is -2.00. The van der Waals surface area contributed by atoms with Crippen LogP contribution in [0.25, 0.3) is 0 Å². The van der Waals surface area contributed by atoms with Gasteiger partial charge in [0.05, 0.1) is 6.21 Å². The summed E-state index contributed by atoms with van der Waals surface area (Å²) in [5.74, 6) is 0.410. The number of rotatable bonds is 5. The molecule has 0 aliphatic rings. The molecular weight excluding hydrogens is 343 g/mol. The fourth-order valence-electron chi connectivity index (χ4n) is 2.16. The normalized spacial score (nSPS) is 11.2. The summed E-state index contributed by atoms with van der Waals surface area (Å²) in [5.41, 5.74) is 1.91. The molecular formula is C17H15FN4S2. The van der Waals surface area contributed by atoms with E-state index in [2.05, 4.69) is 15.3 Å². The van der Waals surface area contributed by atoms with Crippen LogP contribution in [0.2, 0.25) is 0 Å². The Bertz CT molecular complexity index is 896. The van der Waals surface area contributed by atoms with Gasteiger partial charge in [-0.2, -0.15) is 14.9 Å². The zero-order valence-corrected chi connectivity index (χ0v) is 14.6. The molecule has 0 bridgehead atoms. The van der Waals surface area contributed by atoms with Crippen LogP contribution in [0.15, 0.2) is 58.5 Å². The number of H-pyrrole nitrogens is 1. The zero-order chi connectivity index (χ0) is 16.9. The molecule has 3 aromatic rings. The first kappa shape index (κ1) is 16.6. The third-order valence-electron chi connectivity index (χ3n) is 3.43. The number of thioether (sulfide) groups is 1. The fraction of sp³-hybridized carbons (Fsp3) is 0.118. The number of halogens is 1. The molecule has 0 saturated carbocycles. The van der Waals surface area contributed by atoms with Crippen LogP contribution in [0, 0.1) is 10.6 Å². The highest BCUT2D eigenvalue weighted by Gasteiger charge is 2.06. The molecule has 0 fully saturated rings. The molecule has 0 aliphatic heterocycles. The predicted octanol–water partition coefficient (Wildman–Crippen LogP) is 4.27. The molecule has 1 N–H and O–H groups in total. The number of benzene rings is 2. The lowest BCUT2D eigenvalue weighted by atomic mass is 10.1. The van der Waals surface area contributed by atoms with E-state index in [-0.39, 0.29) is 5.82 Å². The Hall–Kier alpha value is -2.25. The summed E-state index contributed by atoms with van der Waals surface area (Å²) in [6, 6.07) is 14.4. The van der Waals surface area contributed by atoms with Gasteiger partial charge in [-0.25, -0.2) is 4.39 Å². The summed E-state index contributed by atoms with van der Waals surface area (Å²) in [6.07, 6.45) is 4.29. The Morgan fingerprint density at radius 2 is 1.92 bits per heavy atom. The lowest BCUT2D eigenvalue weighted by molar-refractivity contribution is 0.627. The fourth-order valence-corrected chi connectivity index (χ4v) is 2.76. The van der Waals surface area contributed by atoms with Crippen molar-refractivity contribution < 1.29 is 4.39 Å². The van der Waals surface area contributed by atoms with Crippen LogP contribution >= 0.6 is 24.0 Å². The molecule has 1 heterocycles. The Kier molecular flexibility index (Phi) is 5.22. The summed E-state index contributed by atoms with van der Waals surface area (Å²) in [4.78, 5) is 1.20. The molecule has 7 heteroatoms. The van der Waals surface area contributed by atoms with Gasteiger partial charge in [0.15, 0.2) is 5.82 Å². The van der Waals surface area contributed by atoms with Gasteiger partial charge in [0.25, 0.3) is 0 Å². The van der Waals surface area contributed by atoms with Crippen molar-refractivity contribution >= 4 is 30.2 Å². The molecule has 0 spiro atoms. The summed E-state index contributed by atoms with van der Waals surface area (Å²) in [6.45, 7) is 0. The number of hydrogen-bond acceptors (Lipinski definition) is 4. The van der Waals surface area contributed by atoms with Gasteiger partial charge in [0.2, 0.25) is 4.77 Å². The third-order valence-corrected chi connectivity index (χ3v) is 4.44. The second kappa shape index (κ2) is 7.55. The maximum absolute atomic E-state index is 13.0. The van der Waals surface area contributed by atoms with E-state index in [1.807, 2.05) is 30.5 Å². The molecule has 0 atom stereocenters. The number of hydrogen-bond donors (Lipinski definition) is 1. The summed E-state index contributed by atoms with van der Waals surface area (Å²) in [5, 5.41) is 11.4. The zero-order valence-electron chi connectivity index (χ0n) is 12.9. The molecule has 1 aromatic heterocycles. The molecule has 3 rings (SSSR count). The van der Waals surface area contributed by atoms with Crippen molar-refractivity contribution in [3.63, 3.8) is 0 Å². The van der Waals surface area contributed by atoms with Crippen molar-refractivity contribution in [2.45, 2.75) is 11.3 Å². The number of aromatic amines is 1. The van der Waals surface area contributed by atoms with Crippen molar-refractivity contribution in [1.29, 1.82) is 0 Å². The Morgan fingerprint density at radius 3 is 2.58 bits per heavy atom.